The van der Waals surface area contributed by atoms with E-state index in [9.17, 15) is 29.4 Å². The number of hydrogen-bond acceptors (Lipinski definition) is 7. The predicted octanol–water partition coefficient (Wildman–Crippen LogP) is 1.68. The molecule has 0 amide bonds. The van der Waals surface area contributed by atoms with Gasteiger partial charge in [0.25, 0.3) is 0 Å². The molecule has 2 heterocycles. The third-order valence-corrected chi connectivity index (χ3v) is 6.79. The van der Waals surface area contributed by atoms with Crippen LogP contribution in [-0.4, -0.2) is 59.0 Å². The second kappa shape index (κ2) is 8.79. The van der Waals surface area contributed by atoms with Gasteiger partial charge in [0.15, 0.2) is 5.43 Å². The Hall–Kier alpha value is -2.33. The van der Waals surface area contributed by atoms with Crippen molar-refractivity contribution >= 4 is 43.7 Å². The van der Waals surface area contributed by atoms with Gasteiger partial charge < -0.3 is 29.3 Å². The summed E-state index contributed by atoms with van der Waals surface area (Å²) in [6.45, 7) is 0.714. The first-order valence-electron chi connectivity index (χ1n) is 10.2. The summed E-state index contributed by atoms with van der Waals surface area (Å²) in [5.41, 5.74) is 0.224. The highest BCUT2D eigenvalue weighted by Crippen LogP contribution is 2.47. The number of likely N-dealkylation sites (N-methyl/N-ethyl adjacent to an activating group) is 1. The van der Waals surface area contributed by atoms with Crippen LogP contribution in [0.25, 0.3) is 22.3 Å². The lowest BCUT2D eigenvalue weighted by molar-refractivity contribution is 0.0544. The number of phenols is 2. The van der Waals surface area contributed by atoms with Crippen LogP contribution in [0.2, 0.25) is 5.02 Å². The van der Waals surface area contributed by atoms with Crippen LogP contribution < -0.4 is 10.9 Å². The Morgan fingerprint density at radius 3 is 2.61 bits per heavy atom. The fourth-order valence-corrected chi connectivity index (χ4v) is 5.17. The van der Waals surface area contributed by atoms with E-state index in [0.29, 0.717) is 23.6 Å². The van der Waals surface area contributed by atoms with Gasteiger partial charge in [-0.2, -0.15) is 0 Å². The first-order chi connectivity index (χ1) is 15.5. The van der Waals surface area contributed by atoms with Gasteiger partial charge in [0.05, 0.1) is 11.1 Å². The molecule has 2 unspecified atom stereocenters. The lowest BCUT2D eigenvalue weighted by Crippen LogP contribution is -2.41. The Labute approximate surface area is 194 Å². The third-order valence-electron chi connectivity index (χ3n) is 5.91. The first kappa shape index (κ1) is 23.8. The maximum Gasteiger partial charge on any atom is 0.469 e. The smallest absolute Gasteiger partial charge is 0.469 e. The number of hydrogen-bond donors (Lipinski definition) is 4. The molecular formula is C21H22BClNO8P. The zero-order valence-corrected chi connectivity index (χ0v) is 19.5. The normalized spacial score (nSPS) is 19.8. The van der Waals surface area contributed by atoms with Crippen molar-refractivity contribution in [2.75, 3.05) is 20.1 Å². The van der Waals surface area contributed by atoms with Gasteiger partial charge in [-0.05, 0) is 32.1 Å². The number of likely N-dealkylation sites (tertiary alicyclic amines) is 1. The number of benzene rings is 2. The van der Waals surface area contributed by atoms with Crippen LogP contribution in [0.4, 0.5) is 0 Å². The standard InChI is InChI=1S/C21H22BClNO8P/c1-24-7-6-11(15(9-24)32-33(28,29)30)16-13(25)8-14(26)17-19(27)18(22)20(31-21(16)17)10-4-2-3-5-12(10)23/h2-5,8,11,15,25-26H,6-7,9,22H2,1H3,(H2,28,29,30). The minimum absolute atomic E-state index is 0.0770. The number of aromatic hydroxyl groups is 2. The summed E-state index contributed by atoms with van der Waals surface area (Å²) in [6, 6.07) is 7.81. The lowest BCUT2D eigenvalue weighted by atomic mass is 9.84. The molecule has 12 heteroatoms. The number of fused-ring (bicyclic) bond motifs is 1. The Kier molecular flexibility index (Phi) is 6.35. The fourth-order valence-electron chi connectivity index (χ4n) is 4.39. The van der Waals surface area contributed by atoms with Gasteiger partial charge in [-0.1, -0.05) is 23.7 Å². The van der Waals surface area contributed by atoms with E-state index in [1.54, 1.807) is 39.2 Å². The maximum absolute atomic E-state index is 13.3. The van der Waals surface area contributed by atoms with Gasteiger partial charge in [0.2, 0.25) is 0 Å². The Bertz CT molecular complexity index is 1340. The molecule has 1 aliphatic rings. The van der Waals surface area contributed by atoms with Gasteiger partial charge in [0, 0.05) is 35.1 Å². The van der Waals surface area contributed by atoms with Crippen molar-refractivity contribution in [1.82, 2.24) is 4.90 Å². The van der Waals surface area contributed by atoms with Crippen LogP contribution in [-0.2, 0) is 9.09 Å². The molecule has 2 aromatic carbocycles. The fraction of sp³-hybridized carbons (Fsp3) is 0.286. The zero-order chi connectivity index (χ0) is 24.1. The van der Waals surface area contributed by atoms with Crippen molar-refractivity contribution in [2.24, 2.45) is 0 Å². The average molecular weight is 494 g/mol. The Morgan fingerprint density at radius 2 is 1.94 bits per heavy atom. The molecule has 4 N–H and O–H groups in total. The minimum Gasteiger partial charge on any atom is -0.507 e. The van der Waals surface area contributed by atoms with E-state index in [2.05, 4.69) is 0 Å². The molecule has 3 aromatic rings. The molecule has 0 radical (unpaired) electrons. The van der Waals surface area contributed by atoms with Gasteiger partial charge in [-0.3, -0.25) is 9.32 Å². The second-order valence-electron chi connectivity index (χ2n) is 8.19. The number of piperidine rings is 1. The number of phosphoric acid groups is 1. The molecule has 4 rings (SSSR count). The van der Waals surface area contributed by atoms with Crippen LogP contribution in [0.15, 0.2) is 39.5 Å². The van der Waals surface area contributed by atoms with E-state index in [0.717, 1.165) is 6.07 Å². The molecule has 33 heavy (non-hydrogen) atoms. The summed E-state index contributed by atoms with van der Waals surface area (Å²) in [5, 5.41) is 21.5. The lowest BCUT2D eigenvalue weighted by Gasteiger charge is -2.37. The molecule has 0 spiro atoms. The molecule has 9 nitrogen and oxygen atoms in total. The number of nitrogens with zero attached hydrogens (tertiary/aromatic N) is 1. The SMILES string of the molecule is Bc1c(-c2ccccc2Cl)oc2c(C3CCN(C)CC3OP(=O)(O)O)c(O)cc(O)c2c1=O. The minimum atomic E-state index is -4.85. The van der Waals surface area contributed by atoms with Gasteiger partial charge in [0.1, 0.15) is 36.1 Å². The van der Waals surface area contributed by atoms with Crippen molar-refractivity contribution in [2.45, 2.75) is 18.4 Å². The molecule has 1 fully saturated rings. The third kappa shape index (κ3) is 4.55. The molecule has 1 aliphatic heterocycles. The summed E-state index contributed by atoms with van der Waals surface area (Å²) in [5.74, 6) is -1.38. The van der Waals surface area contributed by atoms with Crippen LogP contribution in [0.3, 0.4) is 0 Å². The molecule has 1 aromatic heterocycles. The summed E-state index contributed by atoms with van der Waals surface area (Å²) in [6.07, 6.45) is -0.647. The number of rotatable bonds is 4. The van der Waals surface area contributed by atoms with Crippen molar-refractivity contribution < 1.29 is 33.5 Å². The summed E-state index contributed by atoms with van der Waals surface area (Å²) in [7, 11) is -1.53. The van der Waals surface area contributed by atoms with Gasteiger partial charge in [-0.25, -0.2) is 4.57 Å². The summed E-state index contributed by atoms with van der Waals surface area (Å²) in [4.78, 5) is 34.0. The van der Waals surface area contributed by atoms with Crippen molar-refractivity contribution in [3.8, 4) is 22.8 Å². The first-order valence-corrected chi connectivity index (χ1v) is 12.1. The topological polar surface area (TPSA) is 141 Å². The van der Waals surface area contributed by atoms with E-state index in [1.807, 2.05) is 4.90 Å². The predicted molar refractivity (Wildman–Crippen MR) is 126 cm³/mol. The van der Waals surface area contributed by atoms with Crippen molar-refractivity contribution in [3.63, 3.8) is 0 Å². The van der Waals surface area contributed by atoms with E-state index >= 15 is 0 Å². The van der Waals surface area contributed by atoms with Crippen LogP contribution in [0.5, 0.6) is 11.5 Å². The zero-order valence-electron chi connectivity index (χ0n) is 17.9. The van der Waals surface area contributed by atoms with Crippen LogP contribution >= 0.6 is 19.4 Å². The van der Waals surface area contributed by atoms with Gasteiger partial charge >= 0.3 is 7.82 Å². The number of phenolic OH excluding ortho intramolecular Hbond substituents is 2. The molecule has 0 aliphatic carbocycles. The largest absolute Gasteiger partial charge is 0.507 e. The Balaban J connectivity index is 2.01. The van der Waals surface area contributed by atoms with E-state index in [1.165, 1.54) is 0 Å². The van der Waals surface area contributed by atoms with E-state index in [-0.39, 0.29) is 40.1 Å². The molecule has 2 atom stereocenters. The van der Waals surface area contributed by atoms with Gasteiger partial charge in [-0.15, -0.1) is 0 Å². The monoisotopic (exact) mass is 493 g/mol. The van der Waals surface area contributed by atoms with E-state index < -0.39 is 31.0 Å². The molecular weight excluding hydrogens is 471 g/mol. The molecule has 174 valence electrons. The highest BCUT2D eigenvalue weighted by molar-refractivity contribution is 7.46. The summed E-state index contributed by atoms with van der Waals surface area (Å²) >= 11 is 6.32. The number of phosphoric ester groups is 1. The van der Waals surface area contributed by atoms with Crippen molar-refractivity contribution in [3.05, 3.63) is 51.1 Å². The second-order valence-corrected chi connectivity index (χ2v) is 9.79. The maximum atomic E-state index is 13.3. The Morgan fingerprint density at radius 1 is 1.24 bits per heavy atom. The highest BCUT2D eigenvalue weighted by atomic mass is 35.5. The summed E-state index contributed by atoms with van der Waals surface area (Å²) < 4.78 is 22.8. The van der Waals surface area contributed by atoms with Crippen LogP contribution in [0, 0.1) is 0 Å². The van der Waals surface area contributed by atoms with Crippen molar-refractivity contribution in [1.29, 1.82) is 0 Å². The van der Waals surface area contributed by atoms with Crippen LogP contribution in [0.1, 0.15) is 17.9 Å². The highest BCUT2D eigenvalue weighted by Gasteiger charge is 2.38. The average Bonchev–Trinajstić information content (AvgIpc) is 2.71. The quantitative estimate of drug-likeness (QED) is 0.315. The molecule has 1 saturated heterocycles. The molecule has 0 bridgehead atoms. The molecule has 0 saturated carbocycles. The van der Waals surface area contributed by atoms with E-state index in [4.69, 9.17) is 20.5 Å². The number of halogens is 1.